The van der Waals surface area contributed by atoms with Crippen molar-refractivity contribution >= 4 is 5.97 Å². The number of nitrogens with one attached hydrogen (secondary N) is 1. The molecule has 0 amide bonds. The number of hydrogen-bond donors (Lipinski definition) is 2. The minimum Gasteiger partial charge on any atom is -0.478 e. The van der Waals surface area contributed by atoms with Crippen molar-refractivity contribution < 1.29 is 23.1 Å². The van der Waals surface area contributed by atoms with E-state index in [1.54, 1.807) is 6.07 Å². The fourth-order valence-corrected chi connectivity index (χ4v) is 1.77. The van der Waals surface area contributed by atoms with Crippen LogP contribution < -0.4 is 5.32 Å². The van der Waals surface area contributed by atoms with E-state index in [9.17, 15) is 18.0 Å². The molecule has 0 radical (unpaired) electrons. The van der Waals surface area contributed by atoms with Crippen molar-refractivity contribution in [2.45, 2.75) is 31.1 Å². The molecule has 0 aromatic heterocycles. The van der Waals surface area contributed by atoms with Crippen molar-refractivity contribution in [1.29, 1.82) is 0 Å². The predicted octanol–water partition coefficient (Wildman–Crippen LogP) is 2.57. The van der Waals surface area contributed by atoms with Crippen LogP contribution in [-0.2, 0) is 6.54 Å². The smallest absolute Gasteiger partial charge is 0.406 e. The van der Waals surface area contributed by atoms with E-state index in [0.29, 0.717) is 5.56 Å². The van der Waals surface area contributed by atoms with E-state index in [0.717, 1.165) is 0 Å². The molecule has 1 aliphatic carbocycles. The zero-order chi connectivity index (χ0) is 13.4. The summed E-state index contributed by atoms with van der Waals surface area (Å²) in [7, 11) is 0. The van der Waals surface area contributed by atoms with Crippen molar-refractivity contribution in [2.24, 2.45) is 0 Å². The van der Waals surface area contributed by atoms with Crippen LogP contribution in [0.2, 0.25) is 0 Å². The summed E-state index contributed by atoms with van der Waals surface area (Å²) in [5, 5.41) is 11.3. The maximum atomic E-state index is 12.6. The van der Waals surface area contributed by atoms with E-state index < -0.39 is 17.7 Å². The second kappa shape index (κ2) is 4.28. The first kappa shape index (κ1) is 12.9. The minimum absolute atomic E-state index is 0.0145. The SMILES string of the molecule is O=C(O)c1cccc(CNC2(C(F)(F)F)CC2)c1. The Morgan fingerprint density at radius 2 is 2.06 bits per heavy atom. The highest BCUT2D eigenvalue weighted by Gasteiger charge is 2.62. The lowest BCUT2D eigenvalue weighted by Crippen LogP contribution is -2.44. The van der Waals surface area contributed by atoms with Gasteiger partial charge in [0.2, 0.25) is 0 Å². The molecule has 0 atom stereocenters. The van der Waals surface area contributed by atoms with Gasteiger partial charge in [0.1, 0.15) is 5.54 Å². The Balaban J connectivity index is 2.03. The van der Waals surface area contributed by atoms with Crippen molar-refractivity contribution in [3.05, 3.63) is 35.4 Å². The highest BCUT2D eigenvalue weighted by atomic mass is 19.4. The standard InChI is InChI=1S/C12H12F3NO2/c13-12(14,15)11(4-5-11)16-7-8-2-1-3-9(6-8)10(17)18/h1-3,6,16H,4-5,7H2,(H,17,18). The molecule has 1 saturated carbocycles. The lowest BCUT2D eigenvalue weighted by Gasteiger charge is -2.20. The lowest BCUT2D eigenvalue weighted by molar-refractivity contribution is -0.166. The summed E-state index contributed by atoms with van der Waals surface area (Å²) in [5.74, 6) is -1.09. The van der Waals surface area contributed by atoms with Gasteiger partial charge in [0.25, 0.3) is 0 Å². The molecular formula is C12H12F3NO2. The first-order chi connectivity index (χ1) is 8.34. The molecule has 0 unspecified atom stereocenters. The van der Waals surface area contributed by atoms with Gasteiger partial charge in [-0.15, -0.1) is 0 Å². The van der Waals surface area contributed by atoms with Crippen molar-refractivity contribution in [3.8, 4) is 0 Å². The van der Waals surface area contributed by atoms with Crippen LogP contribution in [0.5, 0.6) is 0 Å². The Hall–Kier alpha value is -1.56. The normalized spacial score (nSPS) is 17.5. The third kappa shape index (κ3) is 2.48. The van der Waals surface area contributed by atoms with Crippen LogP contribution in [0, 0.1) is 0 Å². The number of hydrogen-bond acceptors (Lipinski definition) is 2. The van der Waals surface area contributed by atoms with Gasteiger partial charge in [-0.1, -0.05) is 12.1 Å². The van der Waals surface area contributed by atoms with Crippen molar-refractivity contribution in [2.75, 3.05) is 0 Å². The summed E-state index contributed by atoms with van der Waals surface area (Å²) in [6, 6.07) is 5.91. The molecule has 1 aromatic carbocycles. The summed E-state index contributed by atoms with van der Waals surface area (Å²) in [5.41, 5.74) is -1.16. The first-order valence-electron chi connectivity index (χ1n) is 5.48. The van der Waals surface area contributed by atoms with Gasteiger partial charge in [0.15, 0.2) is 0 Å². The van der Waals surface area contributed by atoms with E-state index in [4.69, 9.17) is 5.11 Å². The third-order valence-corrected chi connectivity index (χ3v) is 3.10. The molecule has 1 fully saturated rings. The summed E-state index contributed by atoms with van der Waals surface area (Å²) < 4.78 is 37.9. The Morgan fingerprint density at radius 1 is 1.39 bits per heavy atom. The summed E-state index contributed by atoms with van der Waals surface area (Å²) in [6.07, 6.45) is -4.10. The number of carboxylic acids is 1. The van der Waals surface area contributed by atoms with E-state index in [-0.39, 0.29) is 24.9 Å². The average Bonchev–Trinajstić information content (AvgIpc) is 3.07. The predicted molar refractivity (Wildman–Crippen MR) is 58.3 cm³/mol. The van der Waals surface area contributed by atoms with Crippen LogP contribution in [-0.4, -0.2) is 22.8 Å². The molecule has 3 nitrogen and oxygen atoms in total. The molecule has 2 rings (SSSR count). The number of benzene rings is 1. The number of carboxylic acid groups (broad SMARTS) is 1. The van der Waals surface area contributed by atoms with Gasteiger partial charge in [-0.3, -0.25) is 5.32 Å². The van der Waals surface area contributed by atoms with Crippen LogP contribution in [0.15, 0.2) is 24.3 Å². The Labute approximate surface area is 102 Å². The highest BCUT2D eigenvalue weighted by Crippen LogP contribution is 2.49. The summed E-state index contributed by atoms with van der Waals surface area (Å²) >= 11 is 0. The van der Waals surface area contributed by atoms with Crippen LogP contribution in [0.25, 0.3) is 0 Å². The quantitative estimate of drug-likeness (QED) is 0.873. The van der Waals surface area contributed by atoms with Crippen LogP contribution in [0.4, 0.5) is 13.2 Å². The molecule has 98 valence electrons. The summed E-state index contributed by atoms with van der Waals surface area (Å²) in [4.78, 5) is 10.7. The molecule has 6 heteroatoms. The monoisotopic (exact) mass is 259 g/mol. The van der Waals surface area contributed by atoms with E-state index in [1.807, 2.05) is 0 Å². The van der Waals surface area contributed by atoms with Crippen molar-refractivity contribution in [1.82, 2.24) is 5.32 Å². The first-order valence-corrected chi connectivity index (χ1v) is 5.48. The molecular weight excluding hydrogens is 247 g/mol. The summed E-state index contributed by atoms with van der Waals surface area (Å²) in [6.45, 7) is 0.0145. The van der Waals surface area contributed by atoms with E-state index >= 15 is 0 Å². The molecule has 1 aromatic rings. The second-order valence-corrected chi connectivity index (χ2v) is 4.44. The maximum Gasteiger partial charge on any atom is 0.406 e. The topological polar surface area (TPSA) is 49.3 Å². The van der Waals surface area contributed by atoms with Crippen LogP contribution in [0.3, 0.4) is 0 Å². The fraction of sp³-hybridized carbons (Fsp3) is 0.417. The molecule has 0 saturated heterocycles. The van der Waals surface area contributed by atoms with Gasteiger partial charge in [-0.05, 0) is 30.5 Å². The molecule has 18 heavy (non-hydrogen) atoms. The zero-order valence-corrected chi connectivity index (χ0v) is 9.42. The van der Waals surface area contributed by atoms with Gasteiger partial charge in [0, 0.05) is 6.54 Å². The average molecular weight is 259 g/mol. The van der Waals surface area contributed by atoms with Crippen LogP contribution in [0.1, 0.15) is 28.8 Å². The molecule has 2 N–H and O–H groups in total. The third-order valence-electron chi connectivity index (χ3n) is 3.10. The molecule has 0 heterocycles. The zero-order valence-electron chi connectivity index (χ0n) is 9.42. The Morgan fingerprint density at radius 3 is 2.56 bits per heavy atom. The number of rotatable bonds is 4. The molecule has 0 aliphatic heterocycles. The number of aromatic carboxylic acids is 1. The van der Waals surface area contributed by atoms with E-state index in [2.05, 4.69) is 5.32 Å². The van der Waals surface area contributed by atoms with Gasteiger partial charge < -0.3 is 5.11 Å². The number of halogens is 3. The maximum absolute atomic E-state index is 12.6. The Kier molecular flexibility index (Phi) is 3.06. The second-order valence-electron chi connectivity index (χ2n) is 4.44. The van der Waals surface area contributed by atoms with E-state index in [1.165, 1.54) is 18.2 Å². The minimum atomic E-state index is -4.25. The van der Waals surface area contributed by atoms with Crippen LogP contribution >= 0.6 is 0 Å². The fourth-order valence-electron chi connectivity index (χ4n) is 1.77. The largest absolute Gasteiger partial charge is 0.478 e. The molecule has 0 bridgehead atoms. The number of carbonyl (C=O) groups is 1. The van der Waals surface area contributed by atoms with Gasteiger partial charge in [-0.25, -0.2) is 4.79 Å². The lowest BCUT2D eigenvalue weighted by atomic mass is 10.1. The Bertz CT molecular complexity index is 467. The number of alkyl halides is 3. The van der Waals surface area contributed by atoms with Crippen molar-refractivity contribution in [3.63, 3.8) is 0 Å². The molecule has 1 aliphatic rings. The van der Waals surface area contributed by atoms with Gasteiger partial charge in [0.05, 0.1) is 5.56 Å². The van der Waals surface area contributed by atoms with Gasteiger partial charge in [-0.2, -0.15) is 13.2 Å². The highest BCUT2D eigenvalue weighted by molar-refractivity contribution is 5.87. The van der Waals surface area contributed by atoms with Gasteiger partial charge >= 0.3 is 12.1 Å². The molecule has 0 spiro atoms.